The van der Waals surface area contributed by atoms with E-state index in [1.165, 1.54) is 4.90 Å². The third kappa shape index (κ3) is 2.08. The van der Waals surface area contributed by atoms with E-state index < -0.39 is 0 Å². The second-order valence-electron chi connectivity index (χ2n) is 3.91. The highest BCUT2D eigenvalue weighted by Crippen LogP contribution is 2.34. The molecule has 0 saturated carbocycles. The Bertz CT molecular complexity index is 394. The third-order valence-corrected chi connectivity index (χ3v) is 3.81. The van der Waals surface area contributed by atoms with Gasteiger partial charge >= 0.3 is 0 Å². The minimum Gasteiger partial charge on any atom is -0.328 e. The summed E-state index contributed by atoms with van der Waals surface area (Å²) in [5.74, 6) is 1.03. The van der Waals surface area contributed by atoms with Crippen LogP contribution in [0.1, 0.15) is 13.3 Å². The number of amides is 1. The molecule has 1 aliphatic rings. The first-order chi connectivity index (χ1) is 7.74. The summed E-state index contributed by atoms with van der Waals surface area (Å²) in [7, 11) is 0. The van der Waals surface area contributed by atoms with Crippen molar-refractivity contribution >= 4 is 23.4 Å². The molecule has 1 aromatic rings. The van der Waals surface area contributed by atoms with Crippen molar-refractivity contribution in [3.63, 3.8) is 0 Å². The summed E-state index contributed by atoms with van der Waals surface area (Å²) in [6.07, 6.45) is 0.587. The van der Waals surface area contributed by atoms with E-state index in [9.17, 15) is 4.79 Å². The van der Waals surface area contributed by atoms with E-state index in [0.29, 0.717) is 13.0 Å². The van der Waals surface area contributed by atoms with E-state index in [2.05, 4.69) is 6.07 Å². The number of rotatable bonds is 2. The molecule has 2 N–H and O–H groups in total. The summed E-state index contributed by atoms with van der Waals surface area (Å²) in [4.78, 5) is 15.1. The van der Waals surface area contributed by atoms with Crippen LogP contribution in [0.2, 0.25) is 0 Å². The lowest BCUT2D eigenvalue weighted by molar-refractivity contribution is -0.118. The van der Waals surface area contributed by atoms with Gasteiger partial charge in [0, 0.05) is 29.7 Å². The fraction of sp³-hybridized carbons (Fsp3) is 0.417. The van der Waals surface area contributed by atoms with Crippen LogP contribution in [0.5, 0.6) is 0 Å². The van der Waals surface area contributed by atoms with Crippen molar-refractivity contribution in [3.8, 4) is 0 Å². The lowest BCUT2D eigenvalue weighted by atomic mass is 10.2. The van der Waals surface area contributed by atoms with E-state index in [1.54, 1.807) is 11.8 Å². The molecule has 3 nitrogen and oxygen atoms in total. The van der Waals surface area contributed by atoms with Crippen LogP contribution in [0, 0.1) is 0 Å². The first-order valence-electron chi connectivity index (χ1n) is 5.48. The molecule has 1 heterocycles. The topological polar surface area (TPSA) is 46.3 Å². The highest BCUT2D eigenvalue weighted by Gasteiger charge is 2.25. The molecule has 2 rings (SSSR count). The van der Waals surface area contributed by atoms with Crippen LogP contribution in [-0.4, -0.2) is 24.2 Å². The molecule has 0 spiro atoms. The number of carbonyl (C=O) groups is 1. The summed E-state index contributed by atoms with van der Waals surface area (Å²) in [5.41, 5.74) is 6.68. The van der Waals surface area contributed by atoms with Crippen LogP contribution >= 0.6 is 11.8 Å². The van der Waals surface area contributed by atoms with Gasteiger partial charge in [0.05, 0.1) is 5.69 Å². The van der Waals surface area contributed by atoms with E-state index in [0.717, 1.165) is 11.4 Å². The third-order valence-electron chi connectivity index (χ3n) is 2.75. The van der Waals surface area contributed by atoms with Crippen LogP contribution in [0.15, 0.2) is 29.2 Å². The lowest BCUT2D eigenvalue weighted by Gasteiger charge is -2.28. The molecule has 4 heteroatoms. The van der Waals surface area contributed by atoms with Gasteiger partial charge in [0.2, 0.25) is 5.91 Å². The molecule has 0 saturated heterocycles. The van der Waals surface area contributed by atoms with Gasteiger partial charge in [-0.15, -0.1) is 11.8 Å². The molecule has 86 valence electrons. The van der Waals surface area contributed by atoms with Crippen molar-refractivity contribution in [2.45, 2.75) is 24.3 Å². The van der Waals surface area contributed by atoms with Crippen LogP contribution in [0.25, 0.3) is 0 Å². The van der Waals surface area contributed by atoms with Gasteiger partial charge in [-0.3, -0.25) is 4.79 Å². The molecule has 16 heavy (non-hydrogen) atoms. The molecular weight excluding hydrogens is 220 g/mol. The maximum Gasteiger partial charge on any atom is 0.228 e. The maximum absolute atomic E-state index is 12.0. The number of nitrogens with zero attached hydrogens (tertiary/aromatic N) is 1. The second-order valence-corrected chi connectivity index (χ2v) is 5.05. The zero-order chi connectivity index (χ0) is 11.5. The van der Waals surface area contributed by atoms with E-state index in [4.69, 9.17) is 5.73 Å². The predicted molar refractivity (Wildman–Crippen MR) is 67.8 cm³/mol. The average Bonchev–Trinajstić information content (AvgIpc) is 2.46. The minimum atomic E-state index is 0.0624. The van der Waals surface area contributed by atoms with Gasteiger partial charge in [0.15, 0.2) is 0 Å². The van der Waals surface area contributed by atoms with Crippen LogP contribution in [0.4, 0.5) is 5.69 Å². The number of hydrogen-bond donors (Lipinski definition) is 1. The maximum atomic E-state index is 12.0. The Morgan fingerprint density at radius 3 is 3.00 bits per heavy atom. The normalized spacial score (nSPS) is 17.9. The van der Waals surface area contributed by atoms with Gasteiger partial charge in [-0.25, -0.2) is 0 Å². The number of nitrogens with two attached hydrogens (primary N) is 1. The molecule has 0 aliphatic carbocycles. The molecular formula is C12H16N2OS. The quantitative estimate of drug-likeness (QED) is 0.852. The van der Waals surface area contributed by atoms with Gasteiger partial charge in [0.1, 0.15) is 0 Å². The van der Waals surface area contributed by atoms with Gasteiger partial charge < -0.3 is 10.6 Å². The van der Waals surface area contributed by atoms with Crippen LogP contribution < -0.4 is 10.6 Å². The van der Waals surface area contributed by atoms with Crippen molar-refractivity contribution in [2.75, 3.05) is 17.2 Å². The first kappa shape index (κ1) is 11.5. The van der Waals surface area contributed by atoms with Gasteiger partial charge in [-0.2, -0.15) is 0 Å². The fourth-order valence-corrected chi connectivity index (χ4v) is 2.86. The highest BCUT2D eigenvalue weighted by atomic mass is 32.2. The predicted octanol–water partition coefficient (Wildman–Crippen LogP) is 1.86. The largest absolute Gasteiger partial charge is 0.328 e. The van der Waals surface area contributed by atoms with Crippen LogP contribution in [-0.2, 0) is 4.79 Å². The molecule has 1 unspecified atom stereocenters. The van der Waals surface area contributed by atoms with Crippen molar-refractivity contribution in [3.05, 3.63) is 24.3 Å². The minimum absolute atomic E-state index is 0.0624. The van der Waals surface area contributed by atoms with E-state index in [-0.39, 0.29) is 11.9 Å². The smallest absolute Gasteiger partial charge is 0.228 e. The van der Waals surface area contributed by atoms with Gasteiger partial charge in [-0.05, 0) is 19.1 Å². The van der Waals surface area contributed by atoms with Crippen molar-refractivity contribution in [2.24, 2.45) is 5.73 Å². The number of fused-ring (bicyclic) bond motifs is 1. The summed E-state index contributed by atoms with van der Waals surface area (Å²) in [6, 6.07) is 8.10. The average molecular weight is 236 g/mol. The molecule has 0 bridgehead atoms. The number of anilines is 1. The molecule has 1 amide bonds. The summed E-state index contributed by atoms with van der Waals surface area (Å²) in [5, 5.41) is 0. The number of carbonyl (C=O) groups excluding carboxylic acids is 1. The van der Waals surface area contributed by atoms with Gasteiger partial charge in [-0.1, -0.05) is 12.1 Å². The van der Waals surface area contributed by atoms with Crippen molar-refractivity contribution in [1.29, 1.82) is 0 Å². The number of benzene rings is 1. The Labute approximate surface area is 100.0 Å². The van der Waals surface area contributed by atoms with E-state index >= 15 is 0 Å². The Morgan fingerprint density at radius 2 is 2.25 bits per heavy atom. The standard InChI is InChI=1S/C12H16N2OS/c1-9(8-13)14-10-4-2-3-5-11(10)16-7-6-12(14)15/h2-5,9H,6-8,13H2,1H3. The zero-order valence-electron chi connectivity index (χ0n) is 9.35. The molecule has 0 radical (unpaired) electrons. The highest BCUT2D eigenvalue weighted by molar-refractivity contribution is 7.99. The fourth-order valence-electron chi connectivity index (χ4n) is 1.87. The number of hydrogen-bond acceptors (Lipinski definition) is 3. The zero-order valence-corrected chi connectivity index (χ0v) is 10.2. The molecule has 1 atom stereocenters. The molecule has 0 aromatic heterocycles. The van der Waals surface area contributed by atoms with Gasteiger partial charge in [0.25, 0.3) is 0 Å². The number of para-hydroxylation sites is 1. The molecule has 0 fully saturated rings. The van der Waals surface area contributed by atoms with Crippen LogP contribution in [0.3, 0.4) is 0 Å². The molecule has 1 aromatic carbocycles. The Morgan fingerprint density at radius 1 is 1.50 bits per heavy atom. The summed E-state index contributed by atoms with van der Waals surface area (Å²) in [6.45, 7) is 2.48. The van der Waals surface area contributed by atoms with Crippen molar-refractivity contribution < 1.29 is 4.79 Å². The summed E-state index contributed by atoms with van der Waals surface area (Å²) < 4.78 is 0. The van der Waals surface area contributed by atoms with E-state index in [1.807, 2.05) is 30.0 Å². The summed E-state index contributed by atoms with van der Waals surface area (Å²) >= 11 is 1.74. The first-order valence-corrected chi connectivity index (χ1v) is 6.46. The lowest BCUT2D eigenvalue weighted by Crippen LogP contribution is -2.42. The monoisotopic (exact) mass is 236 g/mol. The second kappa shape index (κ2) is 4.89. The number of thioether (sulfide) groups is 1. The van der Waals surface area contributed by atoms with Crippen molar-refractivity contribution in [1.82, 2.24) is 0 Å². The SMILES string of the molecule is CC(CN)N1C(=O)CCSc2ccccc21. The Hall–Kier alpha value is -1.00. The molecule has 1 aliphatic heterocycles. The Balaban J connectivity index is 2.43. The Kier molecular flexibility index (Phi) is 3.51.